The molecule has 0 saturated heterocycles. The number of allylic oxidation sites excluding steroid dienone is 2. The van der Waals surface area contributed by atoms with Gasteiger partial charge in [-0.1, -0.05) is 36.4 Å². The first-order valence-electron chi connectivity index (χ1n) is 9.23. The molecule has 1 N–H and O–H groups in total. The van der Waals surface area contributed by atoms with Gasteiger partial charge in [0.2, 0.25) is 5.91 Å². The number of hydrogen-bond acceptors (Lipinski definition) is 3. The minimum atomic E-state index is -0.240. The fourth-order valence-corrected chi connectivity index (χ4v) is 4.68. The van der Waals surface area contributed by atoms with Crippen LogP contribution in [0.2, 0.25) is 0 Å². The molecular formula is C22H21FN2OS. The normalized spacial score (nSPS) is 19.3. The molecule has 0 fully saturated rings. The number of rotatable bonds is 5. The summed E-state index contributed by atoms with van der Waals surface area (Å²) in [5, 5.41) is 4.10. The second-order valence-corrected chi connectivity index (χ2v) is 7.91. The van der Waals surface area contributed by atoms with Gasteiger partial charge in [0, 0.05) is 12.5 Å². The van der Waals surface area contributed by atoms with Crippen LogP contribution in [0, 0.1) is 11.7 Å². The monoisotopic (exact) mass is 380 g/mol. The predicted molar refractivity (Wildman–Crippen MR) is 107 cm³/mol. The van der Waals surface area contributed by atoms with E-state index in [0.29, 0.717) is 13.0 Å². The number of fused-ring (bicyclic) bond motifs is 1. The molecule has 1 aliphatic carbocycles. The standard InChI is InChI=1S/C22H21FN2OS/c23-16-11-9-15(10-12-16)13-14-24-21(26)17-5-1-2-6-18(17)22-25-19-7-3-4-8-20(19)27-22/h1-4,7-12,17-18H,5-6,13-14H2,(H,24,26)/t17-,18-/m0/s1. The lowest BCUT2D eigenvalue weighted by Gasteiger charge is -2.26. The second-order valence-electron chi connectivity index (χ2n) is 6.84. The Morgan fingerprint density at radius 2 is 1.89 bits per heavy atom. The third-order valence-electron chi connectivity index (χ3n) is 5.02. The Labute approximate surface area is 161 Å². The first kappa shape index (κ1) is 17.9. The zero-order valence-electron chi connectivity index (χ0n) is 14.9. The summed E-state index contributed by atoms with van der Waals surface area (Å²) in [6.07, 6.45) is 6.52. The Morgan fingerprint density at radius 1 is 1.11 bits per heavy atom. The van der Waals surface area contributed by atoms with E-state index in [0.717, 1.165) is 33.6 Å². The molecule has 5 heteroatoms. The van der Waals surface area contributed by atoms with E-state index in [1.54, 1.807) is 23.5 Å². The summed E-state index contributed by atoms with van der Waals surface area (Å²) < 4.78 is 14.1. The highest BCUT2D eigenvalue weighted by Crippen LogP contribution is 2.38. The van der Waals surface area contributed by atoms with Gasteiger partial charge in [-0.2, -0.15) is 0 Å². The Balaban J connectivity index is 1.43. The number of para-hydroxylation sites is 1. The summed E-state index contributed by atoms with van der Waals surface area (Å²) in [6, 6.07) is 14.5. The molecule has 0 radical (unpaired) electrons. The summed E-state index contributed by atoms with van der Waals surface area (Å²) in [5.74, 6) is -0.136. The summed E-state index contributed by atoms with van der Waals surface area (Å²) in [5.41, 5.74) is 2.02. The maximum atomic E-state index is 13.0. The van der Waals surface area contributed by atoms with Gasteiger partial charge in [0.05, 0.1) is 21.1 Å². The van der Waals surface area contributed by atoms with Crippen molar-refractivity contribution in [3.63, 3.8) is 0 Å². The van der Waals surface area contributed by atoms with E-state index in [4.69, 9.17) is 4.98 Å². The van der Waals surface area contributed by atoms with Gasteiger partial charge in [-0.05, 0) is 49.1 Å². The molecule has 0 unspecified atom stereocenters. The molecule has 2 aromatic carbocycles. The average molecular weight is 380 g/mol. The van der Waals surface area contributed by atoms with Gasteiger partial charge in [-0.15, -0.1) is 11.3 Å². The highest BCUT2D eigenvalue weighted by molar-refractivity contribution is 7.18. The molecule has 0 saturated carbocycles. The van der Waals surface area contributed by atoms with Crippen LogP contribution < -0.4 is 5.32 Å². The maximum Gasteiger partial charge on any atom is 0.224 e. The number of benzene rings is 2. The lowest BCUT2D eigenvalue weighted by Crippen LogP contribution is -2.36. The molecule has 1 aliphatic rings. The smallest absolute Gasteiger partial charge is 0.224 e. The Bertz CT molecular complexity index is 931. The number of halogens is 1. The van der Waals surface area contributed by atoms with Crippen LogP contribution in [0.3, 0.4) is 0 Å². The van der Waals surface area contributed by atoms with Crippen molar-refractivity contribution >= 4 is 27.5 Å². The quantitative estimate of drug-likeness (QED) is 0.643. The number of carbonyl (C=O) groups is 1. The lowest BCUT2D eigenvalue weighted by atomic mass is 9.82. The van der Waals surface area contributed by atoms with Gasteiger partial charge in [-0.25, -0.2) is 9.37 Å². The topological polar surface area (TPSA) is 42.0 Å². The van der Waals surface area contributed by atoms with E-state index in [9.17, 15) is 9.18 Å². The molecule has 2 atom stereocenters. The molecule has 1 amide bonds. The molecule has 0 bridgehead atoms. The highest BCUT2D eigenvalue weighted by Gasteiger charge is 2.32. The van der Waals surface area contributed by atoms with Crippen LogP contribution in [0.1, 0.15) is 29.3 Å². The minimum absolute atomic E-state index is 0.0747. The number of thiazole rings is 1. The molecule has 0 spiro atoms. The molecule has 3 nitrogen and oxygen atoms in total. The summed E-state index contributed by atoms with van der Waals surface area (Å²) >= 11 is 1.69. The second kappa shape index (κ2) is 8.01. The van der Waals surface area contributed by atoms with Gasteiger partial charge in [0.1, 0.15) is 5.82 Å². The Morgan fingerprint density at radius 3 is 2.70 bits per heavy atom. The SMILES string of the molecule is O=C(NCCc1ccc(F)cc1)[C@H]1CC=CC[C@@H]1c1nc2ccccc2s1. The Kier molecular flexibility index (Phi) is 5.30. The maximum absolute atomic E-state index is 13.0. The molecule has 138 valence electrons. The van der Waals surface area contributed by atoms with Crippen molar-refractivity contribution in [1.82, 2.24) is 10.3 Å². The van der Waals surface area contributed by atoms with E-state index >= 15 is 0 Å². The van der Waals surface area contributed by atoms with Gasteiger partial charge in [0.15, 0.2) is 0 Å². The van der Waals surface area contributed by atoms with E-state index in [-0.39, 0.29) is 23.6 Å². The zero-order chi connectivity index (χ0) is 18.6. The van der Waals surface area contributed by atoms with Gasteiger partial charge in [0.25, 0.3) is 0 Å². The molecule has 0 aliphatic heterocycles. The van der Waals surface area contributed by atoms with Gasteiger partial charge < -0.3 is 5.32 Å². The van der Waals surface area contributed by atoms with Crippen LogP contribution in [0.25, 0.3) is 10.2 Å². The molecule has 4 rings (SSSR count). The van der Waals surface area contributed by atoms with Crippen molar-refractivity contribution in [1.29, 1.82) is 0 Å². The van der Waals surface area contributed by atoms with E-state index < -0.39 is 0 Å². The van der Waals surface area contributed by atoms with E-state index in [2.05, 4.69) is 23.5 Å². The molecular weight excluding hydrogens is 359 g/mol. The number of hydrogen-bond donors (Lipinski definition) is 1. The fraction of sp³-hybridized carbons (Fsp3) is 0.273. The average Bonchev–Trinajstić information content (AvgIpc) is 3.13. The predicted octanol–water partition coefficient (Wildman–Crippen LogP) is 4.84. The summed E-state index contributed by atoms with van der Waals surface area (Å²) in [7, 11) is 0. The number of nitrogens with one attached hydrogen (secondary N) is 1. The zero-order valence-corrected chi connectivity index (χ0v) is 15.7. The van der Waals surface area contributed by atoms with Gasteiger partial charge in [-0.3, -0.25) is 4.79 Å². The number of amides is 1. The molecule has 1 heterocycles. The third kappa shape index (κ3) is 4.08. The summed E-state index contributed by atoms with van der Waals surface area (Å²) in [4.78, 5) is 17.6. The Hall–Kier alpha value is -2.53. The van der Waals surface area contributed by atoms with Crippen LogP contribution in [0.4, 0.5) is 4.39 Å². The first-order valence-corrected chi connectivity index (χ1v) is 10.0. The van der Waals surface area contributed by atoms with Crippen molar-refractivity contribution in [2.45, 2.75) is 25.2 Å². The third-order valence-corrected chi connectivity index (χ3v) is 6.19. The molecule has 1 aromatic heterocycles. The number of nitrogens with zero attached hydrogens (tertiary/aromatic N) is 1. The fourth-order valence-electron chi connectivity index (χ4n) is 3.54. The van der Waals surface area contributed by atoms with Gasteiger partial charge >= 0.3 is 0 Å². The number of aromatic nitrogens is 1. The molecule has 3 aromatic rings. The van der Waals surface area contributed by atoms with Crippen molar-refractivity contribution in [3.8, 4) is 0 Å². The van der Waals surface area contributed by atoms with E-state index in [1.165, 1.54) is 12.1 Å². The largest absolute Gasteiger partial charge is 0.356 e. The van der Waals surface area contributed by atoms with Crippen LogP contribution in [0.5, 0.6) is 0 Å². The highest BCUT2D eigenvalue weighted by atomic mass is 32.1. The van der Waals surface area contributed by atoms with Crippen molar-refractivity contribution in [3.05, 3.63) is 77.1 Å². The van der Waals surface area contributed by atoms with E-state index in [1.807, 2.05) is 18.2 Å². The summed E-state index contributed by atoms with van der Waals surface area (Å²) in [6.45, 7) is 0.553. The first-order chi connectivity index (χ1) is 13.2. The van der Waals surface area contributed by atoms with Crippen LogP contribution in [0.15, 0.2) is 60.7 Å². The number of carbonyl (C=O) groups excluding carboxylic acids is 1. The van der Waals surface area contributed by atoms with Crippen molar-refractivity contribution < 1.29 is 9.18 Å². The van der Waals surface area contributed by atoms with Crippen molar-refractivity contribution in [2.75, 3.05) is 6.54 Å². The van der Waals surface area contributed by atoms with Crippen molar-refractivity contribution in [2.24, 2.45) is 5.92 Å². The van der Waals surface area contributed by atoms with Crippen LogP contribution in [-0.4, -0.2) is 17.4 Å². The minimum Gasteiger partial charge on any atom is -0.356 e. The molecule has 27 heavy (non-hydrogen) atoms. The van der Waals surface area contributed by atoms with Crippen LogP contribution in [-0.2, 0) is 11.2 Å². The van der Waals surface area contributed by atoms with Crippen LogP contribution >= 0.6 is 11.3 Å². The lowest BCUT2D eigenvalue weighted by molar-refractivity contribution is -0.125.